The average molecular weight is 376 g/mol. The molecule has 0 atom stereocenters. The Balaban J connectivity index is 1.47. The van der Waals surface area contributed by atoms with Crippen LogP contribution < -0.4 is 4.74 Å². The highest BCUT2D eigenvalue weighted by molar-refractivity contribution is 6.30. The summed E-state index contributed by atoms with van der Waals surface area (Å²) in [5.41, 5.74) is 3.94. The Kier molecular flexibility index (Phi) is 5.17. The van der Waals surface area contributed by atoms with Crippen LogP contribution in [-0.4, -0.2) is 21.2 Å². The van der Waals surface area contributed by atoms with Crippen LogP contribution in [0.15, 0.2) is 72.9 Å². The summed E-state index contributed by atoms with van der Waals surface area (Å²) in [6, 6.07) is 21.7. The molecule has 2 heterocycles. The molecule has 4 rings (SSSR count). The highest BCUT2D eigenvalue weighted by atomic mass is 35.5. The van der Waals surface area contributed by atoms with Gasteiger partial charge in [-0.2, -0.15) is 0 Å². The van der Waals surface area contributed by atoms with Crippen molar-refractivity contribution in [3.8, 4) is 5.88 Å². The largest absolute Gasteiger partial charge is 0.476 e. The third-order valence-corrected chi connectivity index (χ3v) is 4.38. The number of rotatable bonds is 6. The molecule has 0 saturated heterocycles. The summed E-state index contributed by atoms with van der Waals surface area (Å²) in [6.07, 6.45) is 6.61. The predicted molar refractivity (Wildman–Crippen MR) is 109 cm³/mol. The van der Waals surface area contributed by atoms with Crippen molar-refractivity contribution in [3.63, 3.8) is 0 Å². The van der Waals surface area contributed by atoms with Crippen LogP contribution in [-0.2, 0) is 6.42 Å². The molecule has 0 aliphatic carbocycles. The van der Waals surface area contributed by atoms with E-state index in [1.165, 1.54) is 0 Å². The average Bonchev–Trinajstić information content (AvgIpc) is 3.10. The minimum atomic E-state index is 0.530. The van der Waals surface area contributed by atoms with Crippen molar-refractivity contribution in [3.05, 3.63) is 94.8 Å². The molecule has 0 spiro atoms. The maximum atomic E-state index is 6.02. The minimum absolute atomic E-state index is 0.530. The topological polar surface area (TPSA) is 39.4 Å². The molecule has 27 heavy (non-hydrogen) atoms. The summed E-state index contributed by atoms with van der Waals surface area (Å²) in [5.74, 6) is 0.567. The molecule has 0 aliphatic heterocycles. The summed E-state index contributed by atoms with van der Waals surface area (Å²) in [7, 11) is 0. The second kappa shape index (κ2) is 8.06. The van der Waals surface area contributed by atoms with Crippen molar-refractivity contribution in [2.45, 2.75) is 6.42 Å². The second-order valence-corrected chi connectivity index (χ2v) is 6.53. The normalized spacial score (nSPS) is 11.3. The summed E-state index contributed by atoms with van der Waals surface area (Å²) in [5, 5.41) is 5.29. The van der Waals surface area contributed by atoms with Crippen molar-refractivity contribution in [2.75, 3.05) is 6.61 Å². The van der Waals surface area contributed by atoms with Gasteiger partial charge in [0.05, 0.1) is 18.5 Å². The van der Waals surface area contributed by atoms with Crippen LogP contribution in [0, 0.1) is 0 Å². The quantitative estimate of drug-likeness (QED) is 0.466. The molecule has 0 saturated carbocycles. The Labute approximate surface area is 162 Å². The molecule has 2 aromatic carbocycles. The van der Waals surface area contributed by atoms with Gasteiger partial charge in [-0.3, -0.25) is 0 Å². The highest BCUT2D eigenvalue weighted by Gasteiger charge is 2.05. The Bertz CT molecular complexity index is 1070. The van der Waals surface area contributed by atoms with E-state index in [9.17, 15) is 0 Å². The van der Waals surface area contributed by atoms with Gasteiger partial charge in [-0.25, -0.2) is 9.50 Å². The van der Waals surface area contributed by atoms with Crippen molar-refractivity contribution in [1.29, 1.82) is 0 Å². The molecule has 0 fully saturated rings. The van der Waals surface area contributed by atoms with Gasteiger partial charge in [-0.15, -0.1) is 5.10 Å². The van der Waals surface area contributed by atoms with E-state index in [0.29, 0.717) is 12.5 Å². The number of halogens is 1. The molecule has 2 aromatic heterocycles. The molecule has 0 amide bonds. The lowest BCUT2D eigenvalue weighted by atomic mass is 10.2. The molecule has 0 aliphatic rings. The fourth-order valence-electron chi connectivity index (χ4n) is 2.78. The van der Waals surface area contributed by atoms with E-state index < -0.39 is 0 Å². The Hall–Kier alpha value is -3.11. The zero-order valence-corrected chi connectivity index (χ0v) is 15.4. The fraction of sp³-hybridized carbons (Fsp3) is 0.0909. The van der Waals surface area contributed by atoms with Gasteiger partial charge in [0.25, 0.3) is 0 Å². The van der Waals surface area contributed by atoms with E-state index in [2.05, 4.69) is 22.2 Å². The molecule has 5 heteroatoms. The zero-order chi connectivity index (χ0) is 18.5. The van der Waals surface area contributed by atoms with Crippen LogP contribution >= 0.6 is 11.6 Å². The van der Waals surface area contributed by atoms with E-state index in [1.54, 1.807) is 10.7 Å². The number of hydrogen-bond donors (Lipinski definition) is 0. The first-order chi connectivity index (χ1) is 13.3. The van der Waals surface area contributed by atoms with Crippen LogP contribution in [0.4, 0.5) is 0 Å². The summed E-state index contributed by atoms with van der Waals surface area (Å²) >= 11 is 6.02. The first kappa shape index (κ1) is 17.3. The Morgan fingerprint density at radius 3 is 2.70 bits per heavy atom. The SMILES string of the molecule is Clc1cccc(CCOc2ccc3ncc(/C=C/c4ccccc4)n3n2)c1. The molecule has 0 N–H and O–H groups in total. The van der Waals surface area contributed by atoms with Gasteiger partial charge >= 0.3 is 0 Å². The standard InChI is InChI=1S/C22H18ClN3O/c23-19-8-4-7-18(15-19)13-14-27-22-12-11-21-24-16-20(26(21)25-22)10-9-17-5-2-1-3-6-17/h1-12,15-16H,13-14H2/b10-9+. The third kappa shape index (κ3) is 4.36. The summed E-state index contributed by atoms with van der Waals surface area (Å²) < 4.78 is 7.60. The molecular weight excluding hydrogens is 358 g/mol. The molecule has 134 valence electrons. The lowest BCUT2D eigenvalue weighted by Crippen LogP contribution is -2.05. The number of hydrogen-bond acceptors (Lipinski definition) is 3. The molecule has 0 bridgehead atoms. The molecular formula is C22H18ClN3O. The molecule has 4 nitrogen and oxygen atoms in total. The first-order valence-electron chi connectivity index (χ1n) is 8.73. The summed E-state index contributed by atoms with van der Waals surface area (Å²) in [6.45, 7) is 0.530. The van der Waals surface area contributed by atoms with Gasteiger partial charge in [0, 0.05) is 17.5 Å². The molecule has 4 aromatic rings. The second-order valence-electron chi connectivity index (χ2n) is 6.10. The Morgan fingerprint density at radius 1 is 0.963 bits per heavy atom. The number of benzene rings is 2. The lowest BCUT2D eigenvalue weighted by Gasteiger charge is -2.06. The van der Waals surface area contributed by atoms with Gasteiger partial charge in [-0.05, 0) is 35.4 Å². The van der Waals surface area contributed by atoms with Crippen LogP contribution in [0.1, 0.15) is 16.8 Å². The van der Waals surface area contributed by atoms with Crippen molar-refractivity contribution in [1.82, 2.24) is 14.6 Å². The molecule has 0 unspecified atom stereocenters. The summed E-state index contributed by atoms with van der Waals surface area (Å²) in [4.78, 5) is 4.39. The number of aromatic nitrogens is 3. The van der Waals surface area contributed by atoms with Crippen LogP contribution in [0.25, 0.3) is 17.8 Å². The zero-order valence-electron chi connectivity index (χ0n) is 14.6. The highest BCUT2D eigenvalue weighted by Crippen LogP contribution is 2.15. The van der Waals surface area contributed by atoms with Gasteiger partial charge in [0.1, 0.15) is 0 Å². The maximum Gasteiger partial charge on any atom is 0.231 e. The number of fused-ring (bicyclic) bond motifs is 1. The minimum Gasteiger partial charge on any atom is -0.476 e. The number of nitrogens with zero attached hydrogens (tertiary/aromatic N) is 3. The lowest BCUT2D eigenvalue weighted by molar-refractivity contribution is 0.304. The molecule has 0 radical (unpaired) electrons. The monoisotopic (exact) mass is 375 g/mol. The number of ether oxygens (including phenoxy) is 1. The van der Waals surface area contributed by atoms with Crippen molar-refractivity contribution in [2.24, 2.45) is 0 Å². The van der Waals surface area contributed by atoms with E-state index >= 15 is 0 Å². The van der Waals surface area contributed by atoms with Gasteiger partial charge in [-0.1, -0.05) is 60.1 Å². The fourth-order valence-corrected chi connectivity index (χ4v) is 2.99. The Morgan fingerprint density at radius 2 is 1.85 bits per heavy atom. The number of imidazole rings is 1. The van der Waals surface area contributed by atoms with Gasteiger partial charge in [0.15, 0.2) is 5.65 Å². The van der Waals surface area contributed by atoms with E-state index in [4.69, 9.17) is 16.3 Å². The van der Waals surface area contributed by atoms with Crippen molar-refractivity contribution < 1.29 is 4.74 Å². The van der Waals surface area contributed by atoms with Crippen LogP contribution in [0.2, 0.25) is 5.02 Å². The van der Waals surface area contributed by atoms with Crippen LogP contribution in [0.3, 0.4) is 0 Å². The van der Waals surface area contributed by atoms with E-state index in [-0.39, 0.29) is 0 Å². The van der Waals surface area contributed by atoms with Crippen LogP contribution in [0.5, 0.6) is 5.88 Å². The smallest absolute Gasteiger partial charge is 0.231 e. The van der Waals surface area contributed by atoms with Crippen molar-refractivity contribution >= 4 is 29.4 Å². The van der Waals surface area contributed by atoms with Gasteiger partial charge < -0.3 is 4.74 Å². The predicted octanol–water partition coefficient (Wildman–Crippen LogP) is 5.17. The maximum absolute atomic E-state index is 6.02. The van der Waals surface area contributed by atoms with Gasteiger partial charge in [0.2, 0.25) is 5.88 Å². The third-order valence-electron chi connectivity index (χ3n) is 4.14. The van der Waals surface area contributed by atoms with E-state index in [1.807, 2.05) is 66.7 Å². The van der Waals surface area contributed by atoms with E-state index in [0.717, 1.165) is 33.9 Å². The first-order valence-corrected chi connectivity index (χ1v) is 9.11.